The van der Waals surface area contributed by atoms with Gasteiger partial charge in [-0.05, 0) is 12.5 Å². The first-order valence-electron chi connectivity index (χ1n) is 5.08. The van der Waals surface area contributed by atoms with Gasteiger partial charge in [0, 0.05) is 13.2 Å². The zero-order valence-electron chi connectivity index (χ0n) is 9.30. The van der Waals surface area contributed by atoms with Crippen molar-refractivity contribution in [2.75, 3.05) is 0 Å². The number of aryl methyl sites for hydroxylation is 1. The van der Waals surface area contributed by atoms with Gasteiger partial charge in [0.1, 0.15) is 11.7 Å². The van der Waals surface area contributed by atoms with E-state index in [0.29, 0.717) is 18.5 Å². The monoisotopic (exact) mass is 225 g/mol. The highest BCUT2D eigenvalue weighted by Crippen LogP contribution is 2.01. The van der Waals surface area contributed by atoms with Crippen LogP contribution in [0.4, 0.5) is 0 Å². The lowest BCUT2D eigenvalue weighted by molar-refractivity contribution is -0.139. The lowest BCUT2D eigenvalue weighted by Crippen LogP contribution is -2.41. The summed E-state index contributed by atoms with van der Waals surface area (Å²) in [7, 11) is 1.63. The summed E-state index contributed by atoms with van der Waals surface area (Å²) in [4.78, 5) is 22.5. The first kappa shape index (κ1) is 12.2. The van der Waals surface area contributed by atoms with E-state index < -0.39 is 17.9 Å². The number of carboxylic acid groups (broad SMARTS) is 1. The average Bonchev–Trinajstić information content (AvgIpc) is 2.63. The molecule has 1 aromatic rings. The van der Waals surface area contributed by atoms with E-state index in [9.17, 15) is 9.59 Å². The van der Waals surface area contributed by atoms with Crippen molar-refractivity contribution in [3.63, 3.8) is 0 Å². The second kappa shape index (κ2) is 5.29. The van der Waals surface area contributed by atoms with E-state index in [2.05, 4.69) is 10.4 Å². The number of aromatic nitrogens is 2. The van der Waals surface area contributed by atoms with Crippen molar-refractivity contribution < 1.29 is 14.7 Å². The summed E-state index contributed by atoms with van der Waals surface area (Å²) in [5.41, 5.74) is 0.349. The number of nitrogens with zero attached hydrogens (tertiary/aromatic N) is 2. The molecule has 2 N–H and O–H groups in total. The van der Waals surface area contributed by atoms with Crippen molar-refractivity contribution in [3.05, 3.63) is 18.0 Å². The van der Waals surface area contributed by atoms with Crippen LogP contribution in [0, 0.1) is 0 Å². The molecule has 1 atom stereocenters. The smallest absolute Gasteiger partial charge is 0.326 e. The van der Waals surface area contributed by atoms with Gasteiger partial charge in [0.05, 0.1) is 0 Å². The van der Waals surface area contributed by atoms with Crippen LogP contribution in [0.25, 0.3) is 0 Å². The fourth-order valence-corrected chi connectivity index (χ4v) is 1.37. The highest BCUT2D eigenvalue weighted by molar-refractivity contribution is 5.95. The summed E-state index contributed by atoms with van der Waals surface area (Å²) in [5, 5.41) is 15.2. The molecule has 1 amide bonds. The maximum Gasteiger partial charge on any atom is 0.326 e. The molecule has 0 bridgehead atoms. The topological polar surface area (TPSA) is 84.2 Å². The Balaban J connectivity index is 2.69. The molecule has 6 nitrogen and oxygen atoms in total. The van der Waals surface area contributed by atoms with Gasteiger partial charge in [-0.1, -0.05) is 13.3 Å². The summed E-state index contributed by atoms with van der Waals surface area (Å²) in [6.07, 6.45) is 2.60. The van der Waals surface area contributed by atoms with Gasteiger partial charge < -0.3 is 10.4 Å². The molecular formula is C10H15N3O3. The van der Waals surface area contributed by atoms with Crippen molar-refractivity contribution in [3.8, 4) is 0 Å². The van der Waals surface area contributed by atoms with E-state index in [1.54, 1.807) is 13.1 Å². The summed E-state index contributed by atoms with van der Waals surface area (Å²) in [6.45, 7) is 1.87. The summed E-state index contributed by atoms with van der Waals surface area (Å²) in [5.74, 6) is -1.43. The second-order valence-electron chi connectivity index (χ2n) is 3.49. The summed E-state index contributed by atoms with van der Waals surface area (Å²) in [6, 6.07) is 0.701. The number of aliphatic carboxylic acids is 1. The van der Waals surface area contributed by atoms with Gasteiger partial charge in [-0.3, -0.25) is 9.48 Å². The van der Waals surface area contributed by atoms with Gasteiger partial charge in [-0.15, -0.1) is 0 Å². The molecular weight excluding hydrogens is 210 g/mol. The molecule has 1 unspecified atom stereocenters. The molecule has 0 saturated heterocycles. The van der Waals surface area contributed by atoms with E-state index in [4.69, 9.17) is 5.11 Å². The Hall–Kier alpha value is -1.85. The van der Waals surface area contributed by atoms with E-state index >= 15 is 0 Å². The first-order valence-corrected chi connectivity index (χ1v) is 5.08. The van der Waals surface area contributed by atoms with Crippen LogP contribution in [0.2, 0.25) is 0 Å². The molecule has 0 aliphatic rings. The van der Waals surface area contributed by atoms with Gasteiger partial charge >= 0.3 is 5.97 Å². The Morgan fingerprint density at radius 1 is 1.62 bits per heavy atom. The number of carbonyl (C=O) groups is 2. The van der Waals surface area contributed by atoms with Crippen molar-refractivity contribution in [2.45, 2.75) is 25.8 Å². The first-order chi connectivity index (χ1) is 7.56. The maximum absolute atomic E-state index is 11.7. The molecule has 0 aliphatic heterocycles. The largest absolute Gasteiger partial charge is 0.480 e. The van der Waals surface area contributed by atoms with E-state index in [-0.39, 0.29) is 0 Å². The molecule has 6 heteroatoms. The Kier molecular flexibility index (Phi) is 4.04. The van der Waals surface area contributed by atoms with Crippen LogP contribution < -0.4 is 5.32 Å². The minimum Gasteiger partial charge on any atom is -0.480 e. The SMILES string of the molecule is CCCC(NC(=O)c1ccnn1C)C(=O)O. The lowest BCUT2D eigenvalue weighted by Gasteiger charge is -2.13. The van der Waals surface area contributed by atoms with Crippen LogP contribution in [-0.2, 0) is 11.8 Å². The third-order valence-corrected chi connectivity index (χ3v) is 2.23. The van der Waals surface area contributed by atoms with Crippen LogP contribution >= 0.6 is 0 Å². The lowest BCUT2D eigenvalue weighted by atomic mass is 10.1. The Labute approximate surface area is 93.3 Å². The van der Waals surface area contributed by atoms with Crippen LogP contribution in [-0.4, -0.2) is 32.8 Å². The third kappa shape index (κ3) is 2.82. The predicted molar refractivity (Wildman–Crippen MR) is 57.0 cm³/mol. The predicted octanol–water partition coefficient (Wildman–Crippen LogP) is 0.403. The van der Waals surface area contributed by atoms with Gasteiger partial charge in [0.25, 0.3) is 5.91 Å². The zero-order chi connectivity index (χ0) is 12.1. The van der Waals surface area contributed by atoms with Crippen molar-refractivity contribution in [1.29, 1.82) is 0 Å². The highest BCUT2D eigenvalue weighted by Gasteiger charge is 2.20. The van der Waals surface area contributed by atoms with Gasteiger partial charge in [0.15, 0.2) is 0 Å². The van der Waals surface area contributed by atoms with Gasteiger partial charge in [-0.25, -0.2) is 4.79 Å². The number of carboxylic acids is 1. The van der Waals surface area contributed by atoms with E-state index in [1.165, 1.54) is 10.9 Å². The molecule has 1 heterocycles. The quantitative estimate of drug-likeness (QED) is 0.759. The summed E-state index contributed by atoms with van der Waals surface area (Å²) < 4.78 is 1.40. The van der Waals surface area contributed by atoms with Crippen molar-refractivity contribution in [2.24, 2.45) is 7.05 Å². The number of rotatable bonds is 5. The number of nitrogens with one attached hydrogen (secondary N) is 1. The Morgan fingerprint density at radius 2 is 2.31 bits per heavy atom. The fraction of sp³-hybridized carbons (Fsp3) is 0.500. The minimum atomic E-state index is -1.02. The molecule has 0 spiro atoms. The standard InChI is InChI=1S/C10H15N3O3/c1-3-4-7(10(15)16)12-9(14)8-5-6-11-13(8)2/h5-7H,3-4H2,1-2H3,(H,12,14)(H,15,16). The molecule has 0 radical (unpaired) electrons. The molecule has 16 heavy (non-hydrogen) atoms. The maximum atomic E-state index is 11.7. The van der Waals surface area contributed by atoms with E-state index in [1.807, 2.05) is 6.92 Å². The fourth-order valence-electron chi connectivity index (χ4n) is 1.37. The van der Waals surface area contributed by atoms with Crippen molar-refractivity contribution >= 4 is 11.9 Å². The van der Waals surface area contributed by atoms with Crippen LogP contribution in [0.5, 0.6) is 0 Å². The number of hydrogen-bond donors (Lipinski definition) is 2. The van der Waals surface area contributed by atoms with Crippen molar-refractivity contribution in [1.82, 2.24) is 15.1 Å². The van der Waals surface area contributed by atoms with Gasteiger partial charge in [-0.2, -0.15) is 5.10 Å². The molecule has 0 saturated carbocycles. The number of hydrogen-bond acceptors (Lipinski definition) is 3. The third-order valence-electron chi connectivity index (χ3n) is 2.23. The zero-order valence-corrected chi connectivity index (χ0v) is 9.30. The minimum absolute atomic E-state index is 0.349. The van der Waals surface area contributed by atoms with E-state index in [0.717, 1.165) is 0 Å². The molecule has 1 rings (SSSR count). The molecule has 0 aliphatic carbocycles. The van der Waals surface area contributed by atoms with Gasteiger partial charge in [0.2, 0.25) is 0 Å². The normalized spacial score (nSPS) is 12.1. The second-order valence-corrected chi connectivity index (χ2v) is 3.49. The summed E-state index contributed by atoms with van der Waals surface area (Å²) >= 11 is 0. The van der Waals surface area contributed by atoms with Crippen LogP contribution in [0.1, 0.15) is 30.3 Å². The Morgan fingerprint density at radius 3 is 2.75 bits per heavy atom. The molecule has 1 aromatic heterocycles. The van der Waals surface area contributed by atoms with Crippen LogP contribution in [0.3, 0.4) is 0 Å². The highest BCUT2D eigenvalue weighted by atomic mass is 16.4. The average molecular weight is 225 g/mol. The Bertz CT molecular complexity index is 386. The molecule has 0 fully saturated rings. The van der Waals surface area contributed by atoms with Crippen LogP contribution in [0.15, 0.2) is 12.3 Å². The number of carbonyl (C=O) groups excluding carboxylic acids is 1. The molecule has 88 valence electrons. The number of amides is 1. The molecule has 0 aromatic carbocycles.